The van der Waals surface area contributed by atoms with Gasteiger partial charge in [-0.2, -0.15) is 0 Å². The van der Waals surface area contributed by atoms with E-state index in [1.807, 2.05) is 55.4 Å². The van der Waals surface area contributed by atoms with E-state index < -0.39 is 6.10 Å². The lowest BCUT2D eigenvalue weighted by Crippen LogP contribution is -2.40. The third-order valence-corrected chi connectivity index (χ3v) is 3.98. The molecular formula is C19H26N2O3. The average molecular weight is 330 g/mol. The quantitative estimate of drug-likeness (QED) is 0.808. The Bertz CT molecular complexity index is 621. The molecule has 0 fully saturated rings. The van der Waals surface area contributed by atoms with Gasteiger partial charge in [-0.1, -0.05) is 19.1 Å². The molecule has 2 atom stereocenters. The van der Waals surface area contributed by atoms with Crippen LogP contribution in [0.4, 0.5) is 0 Å². The topological polar surface area (TPSA) is 54.7 Å². The first-order chi connectivity index (χ1) is 11.5. The van der Waals surface area contributed by atoms with Crippen molar-refractivity contribution in [1.29, 1.82) is 0 Å². The Hall–Kier alpha value is -2.27. The second kappa shape index (κ2) is 8.55. The van der Waals surface area contributed by atoms with Crippen LogP contribution in [0, 0.1) is 0 Å². The number of furan rings is 1. The summed E-state index contributed by atoms with van der Waals surface area (Å²) in [6.45, 7) is 4.31. The van der Waals surface area contributed by atoms with Gasteiger partial charge in [-0.05, 0) is 57.3 Å². The van der Waals surface area contributed by atoms with E-state index in [9.17, 15) is 4.79 Å². The van der Waals surface area contributed by atoms with Crippen LogP contribution in [0.2, 0.25) is 0 Å². The number of carbonyl (C=O) groups is 1. The summed E-state index contributed by atoms with van der Waals surface area (Å²) < 4.78 is 11.2. The molecule has 0 bridgehead atoms. The zero-order chi connectivity index (χ0) is 17.5. The van der Waals surface area contributed by atoms with Crippen LogP contribution in [0.1, 0.15) is 31.2 Å². The molecule has 0 radical (unpaired) electrons. The molecule has 1 amide bonds. The number of likely N-dealkylation sites (N-methyl/N-ethyl adjacent to an activating group) is 1. The number of hydrogen-bond donors (Lipinski definition) is 1. The molecule has 1 heterocycles. The van der Waals surface area contributed by atoms with Crippen LogP contribution in [0.5, 0.6) is 5.75 Å². The highest BCUT2D eigenvalue weighted by atomic mass is 16.5. The van der Waals surface area contributed by atoms with Crippen molar-refractivity contribution in [3.8, 4) is 5.75 Å². The Labute approximate surface area is 143 Å². The second-order valence-electron chi connectivity index (χ2n) is 6.00. The van der Waals surface area contributed by atoms with Crippen LogP contribution in [-0.4, -0.2) is 37.6 Å². The minimum atomic E-state index is -0.558. The van der Waals surface area contributed by atoms with Gasteiger partial charge in [-0.25, -0.2) is 0 Å². The summed E-state index contributed by atoms with van der Waals surface area (Å²) in [6.07, 6.45) is 2.06. The molecule has 0 aliphatic rings. The van der Waals surface area contributed by atoms with Crippen molar-refractivity contribution in [3.05, 3.63) is 54.0 Å². The fourth-order valence-corrected chi connectivity index (χ4v) is 2.42. The zero-order valence-corrected chi connectivity index (χ0v) is 14.8. The highest BCUT2D eigenvalue weighted by molar-refractivity contribution is 5.80. The maximum Gasteiger partial charge on any atom is 0.260 e. The van der Waals surface area contributed by atoms with Gasteiger partial charge < -0.3 is 14.5 Å². The largest absolute Gasteiger partial charge is 0.481 e. The maximum absolute atomic E-state index is 12.3. The molecule has 0 saturated heterocycles. The lowest BCUT2D eigenvalue weighted by atomic mass is 10.2. The summed E-state index contributed by atoms with van der Waals surface area (Å²) in [6, 6.07) is 11.6. The first-order valence-electron chi connectivity index (χ1n) is 8.24. The highest BCUT2D eigenvalue weighted by Gasteiger charge is 2.20. The minimum absolute atomic E-state index is 0.0139. The molecule has 0 aliphatic carbocycles. The van der Waals surface area contributed by atoms with E-state index >= 15 is 0 Å². The highest BCUT2D eigenvalue weighted by Crippen LogP contribution is 2.18. The van der Waals surface area contributed by atoms with E-state index in [4.69, 9.17) is 9.15 Å². The molecule has 5 nitrogen and oxygen atoms in total. The average Bonchev–Trinajstić information content (AvgIpc) is 3.09. The van der Waals surface area contributed by atoms with Crippen molar-refractivity contribution in [2.45, 2.75) is 32.4 Å². The van der Waals surface area contributed by atoms with Crippen molar-refractivity contribution in [1.82, 2.24) is 10.2 Å². The summed E-state index contributed by atoms with van der Waals surface area (Å²) in [5.41, 5.74) is 1.24. The maximum atomic E-state index is 12.3. The second-order valence-corrected chi connectivity index (χ2v) is 6.00. The molecule has 1 aromatic heterocycles. The lowest BCUT2D eigenvalue weighted by Gasteiger charge is -2.23. The standard InChI is InChI=1S/C19H26N2O3/c1-5-15-8-10-16(11-9-15)24-14(2)19(22)20-13-17(21(3)4)18-7-6-12-23-18/h6-12,14,17H,5,13H2,1-4H3,(H,20,22)/t14-,17-/m1/s1. The van der Waals surface area contributed by atoms with Crippen molar-refractivity contribution >= 4 is 5.91 Å². The predicted molar refractivity (Wildman–Crippen MR) is 94.1 cm³/mol. The molecule has 24 heavy (non-hydrogen) atoms. The van der Waals surface area contributed by atoms with Gasteiger partial charge in [0.1, 0.15) is 11.5 Å². The summed E-state index contributed by atoms with van der Waals surface area (Å²) in [5.74, 6) is 1.38. The van der Waals surface area contributed by atoms with Crippen LogP contribution in [0.3, 0.4) is 0 Å². The van der Waals surface area contributed by atoms with Gasteiger partial charge in [0.05, 0.1) is 12.3 Å². The normalized spacial score (nSPS) is 13.5. The van der Waals surface area contributed by atoms with E-state index in [2.05, 4.69) is 12.2 Å². The van der Waals surface area contributed by atoms with Crippen molar-refractivity contribution < 1.29 is 13.9 Å². The fourth-order valence-electron chi connectivity index (χ4n) is 2.42. The first-order valence-corrected chi connectivity index (χ1v) is 8.24. The number of benzene rings is 1. The Morgan fingerprint density at radius 2 is 1.96 bits per heavy atom. The molecule has 130 valence electrons. The smallest absolute Gasteiger partial charge is 0.260 e. The molecule has 1 aromatic carbocycles. The van der Waals surface area contributed by atoms with Crippen molar-refractivity contribution in [2.75, 3.05) is 20.6 Å². The molecule has 2 rings (SSSR count). The van der Waals surface area contributed by atoms with Gasteiger partial charge in [0, 0.05) is 6.54 Å². The summed E-state index contributed by atoms with van der Waals surface area (Å²) in [5, 5.41) is 2.93. The molecule has 0 saturated carbocycles. The SMILES string of the molecule is CCc1ccc(O[C@H](C)C(=O)NC[C@H](c2ccco2)N(C)C)cc1. The van der Waals surface area contributed by atoms with E-state index in [-0.39, 0.29) is 11.9 Å². The van der Waals surface area contributed by atoms with E-state index in [1.165, 1.54) is 5.56 Å². The number of hydrogen-bond acceptors (Lipinski definition) is 4. The number of ether oxygens (including phenoxy) is 1. The molecular weight excluding hydrogens is 304 g/mol. The zero-order valence-electron chi connectivity index (χ0n) is 14.8. The van der Waals surface area contributed by atoms with Gasteiger partial charge in [-0.3, -0.25) is 9.69 Å². The van der Waals surface area contributed by atoms with Gasteiger partial charge >= 0.3 is 0 Å². The Balaban J connectivity index is 1.88. The summed E-state index contributed by atoms with van der Waals surface area (Å²) >= 11 is 0. The monoisotopic (exact) mass is 330 g/mol. The van der Waals surface area contributed by atoms with Crippen LogP contribution < -0.4 is 10.1 Å². The number of aryl methyl sites for hydroxylation is 1. The third kappa shape index (κ3) is 4.86. The molecule has 1 N–H and O–H groups in total. The van der Waals surface area contributed by atoms with E-state index in [1.54, 1.807) is 13.2 Å². The molecule has 2 aromatic rings. The van der Waals surface area contributed by atoms with Crippen molar-refractivity contribution in [3.63, 3.8) is 0 Å². The van der Waals surface area contributed by atoms with Crippen LogP contribution in [0.15, 0.2) is 47.1 Å². The van der Waals surface area contributed by atoms with E-state index in [0.29, 0.717) is 12.3 Å². The molecule has 0 aliphatic heterocycles. The number of nitrogens with zero attached hydrogens (tertiary/aromatic N) is 1. The summed E-state index contributed by atoms with van der Waals surface area (Å²) in [7, 11) is 3.91. The third-order valence-electron chi connectivity index (χ3n) is 3.98. The number of rotatable bonds is 8. The predicted octanol–water partition coefficient (Wildman–Crippen LogP) is 3.03. The van der Waals surface area contributed by atoms with Gasteiger partial charge in [0.25, 0.3) is 5.91 Å². The summed E-state index contributed by atoms with van der Waals surface area (Å²) in [4.78, 5) is 14.3. The number of amides is 1. The molecule has 0 spiro atoms. The van der Waals surface area contributed by atoms with Gasteiger partial charge in [-0.15, -0.1) is 0 Å². The van der Waals surface area contributed by atoms with Crippen LogP contribution >= 0.6 is 0 Å². The van der Waals surface area contributed by atoms with Gasteiger partial charge in [0.2, 0.25) is 0 Å². The number of nitrogens with one attached hydrogen (secondary N) is 1. The Morgan fingerprint density at radius 3 is 2.50 bits per heavy atom. The first kappa shape index (κ1) is 18.1. The minimum Gasteiger partial charge on any atom is -0.481 e. The molecule has 0 unspecified atom stereocenters. The van der Waals surface area contributed by atoms with Gasteiger partial charge in [0.15, 0.2) is 6.10 Å². The Kier molecular flexibility index (Phi) is 6.44. The van der Waals surface area contributed by atoms with E-state index in [0.717, 1.165) is 12.2 Å². The van der Waals surface area contributed by atoms with Crippen LogP contribution in [-0.2, 0) is 11.2 Å². The molecule has 5 heteroatoms. The fraction of sp³-hybridized carbons (Fsp3) is 0.421. The van der Waals surface area contributed by atoms with Crippen molar-refractivity contribution in [2.24, 2.45) is 0 Å². The Morgan fingerprint density at radius 1 is 1.25 bits per heavy atom. The lowest BCUT2D eigenvalue weighted by molar-refractivity contribution is -0.127. The number of carbonyl (C=O) groups excluding carboxylic acids is 1. The van der Waals surface area contributed by atoms with Crippen LogP contribution in [0.25, 0.3) is 0 Å².